The molecule has 7 heteroatoms. The van der Waals surface area contributed by atoms with Crippen molar-refractivity contribution in [3.8, 4) is 28.7 Å². The van der Waals surface area contributed by atoms with Crippen LogP contribution in [0.4, 0.5) is 0 Å². The zero-order valence-electron chi connectivity index (χ0n) is 24.3. The number of para-hydroxylation sites is 1. The van der Waals surface area contributed by atoms with Gasteiger partial charge in [-0.1, -0.05) is 103 Å². The summed E-state index contributed by atoms with van der Waals surface area (Å²) in [5.41, 5.74) is 5.80. The Bertz CT molecular complexity index is 2750. The van der Waals surface area contributed by atoms with Crippen LogP contribution in [0.1, 0.15) is 0 Å². The molecule has 0 fully saturated rings. The second kappa shape index (κ2) is 9.72. The lowest BCUT2D eigenvalue weighted by atomic mass is 9.99. The van der Waals surface area contributed by atoms with Crippen LogP contribution in [0.15, 0.2) is 134 Å². The number of thiophene rings is 1. The summed E-state index contributed by atoms with van der Waals surface area (Å²) in [4.78, 5) is 25.2. The van der Waals surface area contributed by atoms with Gasteiger partial charge in [0.05, 0.1) is 33.0 Å². The quantitative estimate of drug-likeness (QED) is 0.187. The number of aromatic nitrogens is 6. The summed E-state index contributed by atoms with van der Waals surface area (Å²) in [7, 11) is 0. The fraction of sp³-hybridized carbons (Fsp3) is 0. The van der Waals surface area contributed by atoms with Crippen molar-refractivity contribution in [2.75, 3.05) is 0 Å². The van der Waals surface area contributed by atoms with Gasteiger partial charge in [-0.25, -0.2) is 4.98 Å². The molecule has 5 heterocycles. The molecule has 0 N–H and O–H groups in total. The Morgan fingerprint density at radius 3 is 1.93 bits per heavy atom. The number of nitrogens with zero attached hydrogens (tertiary/aromatic N) is 6. The molecule has 10 aromatic rings. The SMILES string of the molecule is c1ccc(-c2nc(-c3ccccc3)nc(-n3c4ccccc4c4c5c6cccnc6cnc5c5c6ccccc6sc5c43)n2)cc1. The van der Waals surface area contributed by atoms with Crippen molar-refractivity contribution >= 4 is 75.1 Å². The van der Waals surface area contributed by atoms with E-state index in [1.807, 2.05) is 79.1 Å². The van der Waals surface area contributed by atoms with E-state index in [-0.39, 0.29) is 0 Å². The molecule has 214 valence electrons. The molecular formula is C39H22N6S. The summed E-state index contributed by atoms with van der Waals surface area (Å²) >= 11 is 1.79. The summed E-state index contributed by atoms with van der Waals surface area (Å²) in [5.74, 6) is 1.82. The predicted octanol–water partition coefficient (Wildman–Crippen LogP) is 9.77. The summed E-state index contributed by atoms with van der Waals surface area (Å²) in [6.07, 6.45) is 3.73. The lowest BCUT2D eigenvalue weighted by Gasteiger charge is -2.12. The third-order valence-corrected chi connectivity index (χ3v) is 9.90. The van der Waals surface area contributed by atoms with Crippen molar-refractivity contribution in [3.63, 3.8) is 0 Å². The van der Waals surface area contributed by atoms with Gasteiger partial charge in [0.1, 0.15) is 0 Å². The van der Waals surface area contributed by atoms with Gasteiger partial charge >= 0.3 is 0 Å². The number of benzene rings is 5. The average molecular weight is 607 g/mol. The largest absolute Gasteiger partial charge is 0.276 e. The van der Waals surface area contributed by atoms with E-state index in [0.717, 1.165) is 64.8 Å². The van der Waals surface area contributed by atoms with E-state index >= 15 is 0 Å². The second-order valence-electron chi connectivity index (χ2n) is 11.3. The van der Waals surface area contributed by atoms with Gasteiger partial charge in [0.25, 0.3) is 0 Å². The monoisotopic (exact) mass is 606 g/mol. The first-order valence-corrected chi connectivity index (χ1v) is 15.9. The average Bonchev–Trinajstić information content (AvgIpc) is 3.69. The Hall–Kier alpha value is -6.05. The van der Waals surface area contributed by atoms with Gasteiger partial charge in [-0.15, -0.1) is 11.3 Å². The van der Waals surface area contributed by atoms with Gasteiger partial charge in [-0.3, -0.25) is 14.5 Å². The molecule has 0 saturated carbocycles. The Labute approximate surface area is 266 Å². The van der Waals surface area contributed by atoms with E-state index in [2.05, 4.69) is 59.2 Å². The van der Waals surface area contributed by atoms with Gasteiger partial charge in [-0.05, 0) is 18.2 Å². The Kier molecular flexibility index (Phi) is 5.35. The summed E-state index contributed by atoms with van der Waals surface area (Å²) in [6, 6.07) is 41.5. The second-order valence-corrected chi connectivity index (χ2v) is 12.4. The molecule has 6 nitrogen and oxygen atoms in total. The molecule has 5 aromatic heterocycles. The molecular weight excluding hydrogens is 585 g/mol. The molecule has 0 aliphatic heterocycles. The molecule has 0 radical (unpaired) electrons. The first-order chi connectivity index (χ1) is 22.8. The molecule has 0 unspecified atom stereocenters. The fourth-order valence-electron chi connectivity index (χ4n) is 6.75. The van der Waals surface area contributed by atoms with Crippen molar-refractivity contribution < 1.29 is 0 Å². The Balaban J connectivity index is 1.46. The van der Waals surface area contributed by atoms with Crippen LogP contribution in [-0.2, 0) is 0 Å². The topological polar surface area (TPSA) is 69.4 Å². The van der Waals surface area contributed by atoms with Crippen molar-refractivity contribution in [2.24, 2.45) is 0 Å². The number of pyridine rings is 2. The number of hydrogen-bond acceptors (Lipinski definition) is 6. The third-order valence-electron chi connectivity index (χ3n) is 8.72. The molecule has 5 aromatic carbocycles. The maximum atomic E-state index is 5.19. The highest BCUT2D eigenvalue weighted by Crippen LogP contribution is 2.48. The van der Waals surface area contributed by atoms with Crippen LogP contribution in [0, 0.1) is 0 Å². The molecule has 46 heavy (non-hydrogen) atoms. The minimum Gasteiger partial charge on any atom is -0.276 e. The predicted molar refractivity (Wildman–Crippen MR) is 189 cm³/mol. The van der Waals surface area contributed by atoms with E-state index in [4.69, 9.17) is 24.9 Å². The molecule has 0 amide bonds. The van der Waals surface area contributed by atoms with Crippen molar-refractivity contribution in [2.45, 2.75) is 0 Å². The Morgan fingerprint density at radius 2 is 1.17 bits per heavy atom. The zero-order valence-corrected chi connectivity index (χ0v) is 25.1. The highest BCUT2D eigenvalue weighted by atomic mass is 32.1. The molecule has 0 saturated heterocycles. The minimum atomic E-state index is 0.573. The smallest absolute Gasteiger partial charge is 0.238 e. The molecule has 0 aliphatic rings. The van der Waals surface area contributed by atoms with Crippen molar-refractivity contribution in [1.82, 2.24) is 29.5 Å². The van der Waals surface area contributed by atoms with E-state index in [9.17, 15) is 0 Å². The van der Waals surface area contributed by atoms with Gasteiger partial charge < -0.3 is 0 Å². The van der Waals surface area contributed by atoms with E-state index in [0.29, 0.717) is 17.6 Å². The molecule has 10 rings (SSSR count). The molecule has 0 atom stereocenters. The van der Waals surface area contributed by atoms with Gasteiger partial charge in [0.15, 0.2) is 11.6 Å². The highest BCUT2D eigenvalue weighted by Gasteiger charge is 2.25. The number of hydrogen-bond donors (Lipinski definition) is 0. The van der Waals surface area contributed by atoms with Crippen LogP contribution in [0.25, 0.3) is 92.5 Å². The maximum Gasteiger partial charge on any atom is 0.238 e. The standard InChI is InChI=1S/C39H22N6S/c1-3-12-23(13-4-1)37-42-38(24-14-5-2-6-15-24)44-39(43-37)45-29-19-9-7-16-26(29)32-31-25-18-11-21-40-28(25)22-41-34(31)33-27-17-8-10-20-30(27)46-36(33)35(32)45/h1-22H. The van der Waals surface area contributed by atoms with Crippen LogP contribution >= 0.6 is 11.3 Å². The summed E-state index contributed by atoms with van der Waals surface area (Å²) in [6.45, 7) is 0. The third kappa shape index (κ3) is 3.60. The van der Waals surface area contributed by atoms with E-state index < -0.39 is 0 Å². The molecule has 0 aliphatic carbocycles. The first kappa shape index (κ1) is 25.3. The normalized spacial score (nSPS) is 11.9. The van der Waals surface area contributed by atoms with Crippen LogP contribution in [0.3, 0.4) is 0 Å². The highest BCUT2D eigenvalue weighted by molar-refractivity contribution is 7.27. The minimum absolute atomic E-state index is 0.573. The van der Waals surface area contributed by atoms with Crippen molar-refractivity contribution in [3.05, 3.63) is 134 Å². The van der Waals surface area contributed by atoms with Gasteiger partial charge in [0.2, 0.25) is 5.95 Å². The lowest BCUT2D eigenvalue weighted by molar-refractivity contribution is 0.955. The molecule has 0 spiro atoms. The van der Waals surface area contributed by atoms with Gasteiger partial charge in [-0.2, -0.15) is 9.97 Å². The molecule has 0 bridgehead atoms. The van der Waals surface area contributed by atoms with Crippen LogP contribution < -0.4 is 0 Å². The zero-order chi connectivity index (χ0) is 30.2. The maximum absolute atomic E-state index is 5.19. The van der Waals surface area contributed by atoms with Crippen LogP contribution in [0.5, 0.6) is 0 Å². The van der Waals surface area contributed by atoms with Gasteiger partial charge in [0, 0.05) is 54.3 Å². The number of rotatable bonds is 3. The van der Waals surface area contributed by atoms with Crippen LogP contribution in [-0.4, -0.2) is 29.5 Å². The van der Waals surface area contributed by atoms with Crippen molar-refractivity contribution in [1.29, 1.82) is 0 Å². The van der Waals surface area contributed by atoms with E-state index in [1.54, 1.807) is 11.3 Å². The first-order valence-electron chi connectivity index (χ1n) is 15.1. The van der Waals surface area contributed by atoms with Crippen LogP contribution in [0.2, 0.25) is 0 Å². The summed E-state index contributed by atoms with van der Waals surface area (Å²) in [5, 5.41) is 6.73. The van der Waals surface area contributed by atoms with E-state index in [1.165, 1.54) is 10.1 Å². The number of fused-ring (bicyclic) bond motifs is 12. The lowest BCUT2D eigenvalue weighted by Crippen LogP contribution is -2.06. The Morgan fingerprint density at radius 1 is 0.522 bits per heavy atom. The summed E-state index contributed by atoms with van der Waals surface area (Å²) < 4.78 is 4.60. The fourth-order valence-corrected chi connectivity index (χ4v) is 8.00.